The predicted molar refractivity (Wildman–Crippen MR) is 124 cm³/mol. The predicted octanol–water partition coefficient (Wildman–Crippen LogP) is 5.68. The molecule has 1 amide bonds. The molecule has 0 saturated carbocycles. The van der Waals surface area contributed by atoms with E-state index >= 15 is 0 Å². The fraction of sp³-hybridized carbons (Fsp3) is 0.375. The minimum absolute atomic E-state index is 0.00173. The molecule has 1 aliphatic rings. The number of benzene rings is 2. The summed E-state index contributed by atoms with van der Waals surface area (Å²) in [5.74, 6) is 0.996. The van der Waals surface area contributed by atoms with Crippen LogP contribution in [0.25, 0.3) is 11.4 Å². The van der Waals surface area contributed by atoms with Crippen molar-refractivity contribution in [1.29, 1.82) is 0 Å². The van der Waals surface area contributed by atoms with Crippen molar-refractivity contribution in [2.75, 3.05) is 23.3 Å². The highest BCUT2D eigenvalue weighted by Crippen LogP contribution is 2.28. The fourth-order valence-electron chi connectivity index (χ4n) is 3.77. The topological polar surface area (TPSA) is 71.3 Å². The quantitative estimate of drug-likeness (QED) is 0.555. The summed E-state index contributed by atoms with van der Waals surface area (Å²) >= 11 is 6.24. The van der Waals surface area contributed by atoms with Gasteiger partial charge in [-0.1, -0.05) is 60.9 Å². The van der Waals surface area contributed by atoms with E-state index in [1.807, 2.05) is 42.2 Å². The highest BCUT2D eigenvalue weighted by atomic mass is 35.5. The van der Waals surface area contributed by atoms with Gasteiger partial charge in [-0.3, -0.25) is 4.79 Å². The lowest BCUT2D eigenvalue weighted by Crippen LogP contribution is -2.38. The first-order chi connectivity index (χ1) is 14.9. The molecule has 1 fully saturated rings. The van der Waals surface area contributed by atoms with E-state index in [0.717, 1.165) is 24.0 Å². The summed E-state index contributed by atoms with van der Waals surface area (Å²) in [5, 5.41) is 7.66. The van der Waals surface area contributed by atoms with E-state index in [0.29, 0.717) is 41.6 Å². The molecule has 1 aliphatic heterocycles. The average Bonchev–Trinajstić information content (AvgIpc) is 3.26. The summed E-state index contributed by atoms with van der Waals surface area (Å²) in [6.07, 6.45) is 1.44. The molecule has 162 valence electrons. The Balaban J connectivity index is 1.35. The molecule has 1 aromatic heterocycles. The number of hydrogen-bond acceptors (Lipinski definition) is 5. The standard InChI is InChI=1S/C24H27ClN4O2/c1-15(2)17-5-7-18(8-6-17)22-27-24(31-28-22)29-12-10-19(11-13-29)23(30)26-21-9-4-16(3)14-20(21)25/h4-9,14-15,19H,10-13H2,1-3H3,(H,26,30). The zero-order valence-corrected chi connectivity index (χ0v) is 18.8. The Labute approximate surface area is 187 Å². The van der Waals surface area contributed by atoms with E-state index in [9.17, 15) is 4.79 Å². The van der Waals surface area contributed by atoms with Gasteiger partial charge in [0.25, 0.3) is 0 Å². The zero-order valence-electron chi connectivity index (χ0n) is 18.1. The van der Waals surface area contributed by atoms with E-state index in [1.54, 1.807) is 0 Å². The molecule has 0 unspecified atom stereocenters. The van der Waals surface area contributed by atoms with E-state index in [2.05, 4.69) is 41.4 Å². The van der Waals surface area contributed by atoms with Crippen LogP contribution in [0.15, 0.2) is 47.0 Å². The van der Waals surface area contributed by atoms with Crippen molar-refractivity contribution >= 4 is 29.2 Å². The molecular formula is C24H27ClN4O2. The molecule has 1 saturated heterocycles. The Morgan fingerprint density at radius 2 is 1.87 bits per heavy atom. The molecule has 2 aromatic carbocycles. The smallest absolute Gasteiger partial charge is 0.324 e. The molecule has 0 atom stereocenters. The Morgan fingerprint density at radius 3 is 2.52 bits per heavy atom. The van der Waals surface area contributed by atoms with Gasteiger partial charge in [0.15, 0.2) is 0 Å². The van der Waals surface area contributed by atoms with Crippen LogP contribution in [0.4, 0.5) is 11.7 Å². The summed E-state index contributed by atoms with van der Waals surface area (Å²) < 4.78 is 5.50. The van der Waals surface area contributed by atoms with Crippen LogP contribution in [-0.4, -0.2) is 29.1 Å². The third-order valence-corrected chi connectivity index (χ3v) is 6.08. The molecule has 0 aliphatic carbocycles. The molecule has 3 aromatic rings. The maximum atomic E-state index is 12.7. The number of carbonyl (C=O) groups is 1. The molecule has 2 heterocycles. The first-order valence-corrected chi connectivity index (χ1v) is 11.0. The second kappa shape index (κ2) is 9.10. The number of halogens is 1. The van der Waals surface area contributed by atoms with Crippen molar-refractivity contribution in [3.8, 4) is 11.4 Å². The number of piperidine rings is 1. The van der Waals surface area contributed by atoms with Crippen LogP contribution in [0.1, 0.15) is 43.7 Å². The molecule has 6 nitrogen and oxygen atoms in total. The van der Waals surface area contributed by atoms with E-state index in [4.69, 9.17) is 16.1 Å². The van der Waals surface area contributed by atoms with Crippen LogP contribution in [0.5, 0.6) is 0 Å². The zero-order chi connectivity index (χ0) is 22.0. The van der Waals surface area contributed by atoms with Crippen LogP contribution < -0.4 is 10.2 Å². The Morgan fingerprint density at radius 1 is 1.16 bits per heavy atom. The van der Waals surface area contributed by atoms with Crippen molar-refractivity contribution < 1.29 is 9.32 Å². The lowest BCUT2D eigenvalue weighted by molar-refractivity contribution is -0.120. The minimum Gasteiger partial charge on any atom is -0.325 e. The number of rotatable bonds is 5. The van der Waals surface area contributed by atoms with E-state index < -0.39 is 0 Å². The molecular weight excluding hydrogens is 412 g/mol. The largest absolute Gasteiger partial charge is 0.325 e. The number of aryl methyl sites for hydroxylation is 1. The normalized spacial score (nSPS) is 14.8. The maximum absolute atomic E-state index is 12.7. The third-order valence-electron chi connectivity index (χ3n) is 5.77. The monoisotopic (exact) mass is 438 g/mol. The second-order valence-corrected chi connectivity index (χ2v) is 8.82. The number of amides is 1. The molecule has 4 rings (SSSR count). The summed E-state index contributed by atoms with van der Waals surface area (Å²) in [4.78, 5) is 19.3. The van der Waals surface area contributed by atoms with Gasteiger partial charge in [-0.25, -0.2) is 0 Å². The van der Waals surface area contributed by atoms with Crippen molar-refractivity contribution in [1.82, 2.24) is 10.1 Å². The molecule has 31 heavy (non-hydrogen) atoms. The van der Waals surface area contributed by atoms with Gasteiger partial charge < -0.3 is 14.7 Å². The Bertz CT molecular complexity index is 1050. The lowest BCUT2D eigenvalue weighted by atomic mass is 9.96. The van der Waals surface area contributed by atoms with Crippen molar-refractivity contribution in [2.45, 2.75) is 39.5 Å². The van der Waals surface area contributed by atoms with Crippen molar-refractivity contribution in [3.05, 3.63) is 58.6 Å². The number of anilines is 2. The first-order valence-electron chi connectivity index (χ1n) is 10.7. The minimum atomic E-state index is -0.0698. The second-order valence-electron chi connectivity index (χ2n) is 8.41. The number of nitrogens with zero attached hydrogens (tertiary/aromatic N) is 3. The van der Waals surface area contributed by atoms with Crippen LogP contribution in [0, 0.1) is 12.8 Å². The highest BCUT2D eigenvalue weighted by Gasteiger charge is 2.28. The first kappa shape index (κ1) is 21.4. The Hall–Kier alpha value is -2.86. The van der Waals surface area contributed by atoms with Crippen LogP contribution >= 0.6 is 11.6 Å². The third kappa shape index (κ3) is 4.90. The van der Waals surface area contributed by atoms with Gasteiger partial charge in [-0.2, -0.15) is 4.98 Å². The fourth-order valence-corrected chi connectivity index (χ4v) is 4.05. The lowest BCUT2D eigenvalue weighted by Gasteiger charge is -2.29. The van der Waals surface area contributed by atoms with Gasteiger partial charge in [0.1, 0.15) is 0 Å². The molecule has 0 bridgehead atoms. The SMILES string of the molecule is Cc1ccc(NC(=O)C2CCN(c3nc(-c4ccc(C(C)C)cc4)no3)CC2)c(Cl)c1. The van der Waals surface area contributed by atoms with Gasteiger partial charge in [0.05, 0.1) is 10.7 Å². The molecule has 1 N–H and O–H groups in total. The number of carbonyl (C=O) groups excluding carboxylic acids is 1. The van der Waals surface area contributed by atoms with Crippen LogP contribution in [0.2, 0.25) is 5.02 Å². The number of hydrogen-bond donors (Lipinski definition) is 1. The van der Waals surface area contributed by atoms with Crippen molar-refractivity contribution in [3.63, 3.8) is 0 Å². The molecule has 0 radical (unpaired) electrons. The highest BCUT2D eigenvalue weighted by molar-refractivity contribution is 6.33. The van der Waals surface area contributed by atoms with Gasteiger partial charge >= 0.3 is 6.01 Å². The summed E-state index contributed by atoms with van der Waals surface area (Å²) in [7, 11) is 0. The maximum Gasteiger partial charge on any atom is 0.324 e. The number of aromatic nitrogens is 2. The summed E-state index contributed by atoms with van der Waals surface area (Å²) in [6, 6.07) is 14.4. The van der Waals surface area contributed by atoms with E-state index in [-0.39, 0.29) is 11.8 Å². The van der Waals surface area contributed by atoms with Gasteiger partial charge in [-0.05, 0) is 48.9 Å². The average molecular weight is 439 g/mol. The summed E-state index contributed by atoms with van der Waals surface area (Å²) in [5.41, 5.74) is 3.93. The Kier molecular flexibility index (Phi) is 6.28. The molecule has 7 heteroatoms. The van der Waals surface area contributed by atoms with Crippen LogP contribution in [-0.2, 0) is 4.79 Å². The van der Waals surface area contributed by atoms with E-state index in [1.165, 1.54) is 5.56 Å². The van der Waals surface area contributed by atoms with Gasteiger partial charge in [0, 0.05) is 24.6 Å². The van der Waals surface area contributed by atoms with Gasteiger partial charge in [0.2, 0.25) is 11.7 Å². The number of nitrogens with one attached hydrogen (secondary N) is 1. The molecule has 0 spiro atoms. The van der Waals surface area contributed by atoms with Crippen molar-refractivity contribution in [2.24, 2.45) is 5.92 Å². The summed E-state index contributed by atoms with van der Waals surface area (Å²) in [6.45, 7) is 7.68. The van der Waals surface area contributed by atoms with Crippen LogP contribution in [0.3, 0.4) is 0 Å². The van der Waals surface area contributed by atoms with Gasteiger partial charge in [-0.15, -0.1) is 0 Å².